The maximum absolute atomic E-state index is 5.49. The summed E-state index contributed by atoms with van der Waals surface area (Å²) in [5.41, 5.74) is 2.67. The monoisotopic (exact) mass is 244 g/mol. The minimum absolute atomic E-state index is 0.446. The molecule has 0 spiro atoms. The van der Waals surface area contributed by atoms with E-state index < -0.39 is 0 Å². The molecule has 0 aromatic rings. The van der Waals surface area contributed by atoms with Gasteiger partial charge in [-0.3, -0.25) is 10.4 Å². The number of guanidine groups is 1. The van der Waals surface area contributed by atoms with E-state index in [1.807, 2.05) is 14.0 Å². The first-order valence-electron chi connectivity index (χ1n) is 6.48. The van der Waals surface area contributed by atoms with Crippen LogP contribution < -0.4 is 11.3 Å². The molecule has 0 fully saturated rings. The number of nitrogens with zero attached hydrogens (tertiary/aromatic N) is 2. The molecule has 0 aliphatic carbocycles. The van der Waals surface area contributed by atoms with Crippen molar-refractivity contribution in [3.63, 3.8) is 0 Å². The minimum Gasteiger partial charge on any atom is -0.382 e. The van der Waals surface area contributed by atoms with Gasteiger partial charge in [0.2, 0.25) is 5.96 Å². The maximum Gasteiger partial charge on any atom is 0.208 e. The lowest BCUT2D eigenvalue weighted by Gasteiger charge is -2.27. The number of nitrogens with two attached hydrogens (primary N) is 1. The van der Waals surface area contributed by atoms with Gasteiger partial charge in [0.1, 0.15) is 0 Å². The molecule has 0 aliphatic heterocycles. The Bertz CT molecular complexity index is 209. The highest BCUT2D eigenvalue weighted by atomic mass is 16.5. The molecule has 102 valence electrons. The Morgan fingerprint density at radius 3 is 2.71 bits per heavy atom. The van der Waals surface area contributed by atoms with E-state index in [0.717, 1.165) is 45.0 Å². The molecule has 3 N–H and O–H groups in total. The molecule has 5 heteroatoms. The molecule has 1 atom stereocenters. The van der Waals surface area contributed by atoms with Crippen LogP contribution in [-0.2, 0) is 4.74 Å². The van der Waals surface area contributed by atoms with Gasteiger partial charge in [-0.15, -0.1) is 0 Å². The second kappa shape index (κ2) is 10.4. The maximum atomic E-state index is 5.49. The van der Waals surface area contributed by atoms with Crippen molar-refractivity contribution in [2.24, 2.45) is 10.8 Å². The Labute approximate surface area is 105 Å². The molecule has 17 heavy (non-hydrogen) atoms. The number of ether oxygens (including phenoxy) is 1. The van der Waals surface area contributed by atoms with Crippen LogP contribution in [0.2, 0.25) is 0 Å². The molecule has 0 aromatic heterocycles. The molecule has 1 unspecified atom stereocenters. The van der Waals surface area contributed by atoms with Crippen LogP contribution in [0, 0.1) is 0 Å². The van der Waals surface area contributed by atoms with E-state index in [2.05, 4.69) is 29.2 Å². The van der Waals surface area contributed by atoms with Crippen LogP contribution in [0.15, 0.2) is 4.99 Å². The standard InChI is InChI=1S/C12H28N4O/c1-5-8-11(3)16(4)12(15-13)14-9-7-10-17-6-2/h11H,5-10,13H2,1-4H3,(H,14,15). The Morgan fingerprint density at radius 1 is 1.47 bits per heavy atom. The lowest BCUT2D eigenvalue weighted by atomic mass is 10.2. The van der Waals surface area contributed by atoms with Crippen LogP contribution in [0.25, 0.3) is 0 Å². The first-order chi connectivity index (χ1) is 8.17. The number of hydrogen-bond donors (Lipinski definition) is 2. The zero-order valence-corrected chi connectivity index (χ0v) is 11.7. The third kappa shape index (κ3) is 7.18. The second-order valence-electron chi connectivity index (χ2n) is 4.15. The number of rotatable bonds is 8. The molecule has 0 saturated carbocycles. The number of hydrazine groups is 1. The molecule has 0 amide bonds. The minimum atomic E-state index is 0.446. The quantitative estimate of drug-likeness (QED) is 0.222. The summed E-state index contributed by atoms with van der Waals surface area (Å²) >= 11 is 0. The van der Waals surface area contributed by atoms with Crippen LogP contribution in [0.4, 0.5) is 0 Å². The topological polar surface area (TPSA) is 62.9 Å². The van der Waals surface area contributed by atoms with Gasteiger partial charge in [-0.05, 0) is 26.7 Å². The third-order valence-electron chi connectivity index (χ3n) is 2.74. The summed E-state index contributed by atoms with van der Waals surface area (Å²) in [4.78, 5) is 6.53. The van der Waals surface area contributed by atoms with Gasteiger partial charge in [-0.2, -0.15) is 0 Å². The van der Waals surface area contributed by atoms with Crippen molar-refractivity contribution in [2.45, 2.75) is 46.1 Å². The normalized spacial score (nSPS) is 13.6. The zero-order chi connectivity index (χ0) is 13.1. The van der Waals surface area contributed by atoms with Crippen LogP contribution in [0.3, 0.4) is 0 Å². The summed E-state index contributed by atoms with van der Waals surface area (Å²) in [7, 11) is 2.02. The van der Waals surface area contributed by atoms with E-state index in [0.29, 0.717) is 6.04 Å². The SMILES string of the molecule is CCCC(C)N(C)C(=NCCCOCC)NN. The van der Waals surface area contributed by atoms with E-state index in [1.54, 1.807) is 0 Å². The van der Waals surface area contributed by atoms with Gasteiger partial charge in [0.15, 0.2) is 0 Å². The number of aliphatic imine (C=N–C) groups is 1. The fraction of sp³-hybridized carbons (Fsp3) is 0.917. The molecule has 0 aromatic carbocycles. The van der Waals surface area contributed by atoms with Crippen molar-refractivity contribution in [1.29, 1.82) is 0 Å². The Hall–Kier alpha value is -0.810. The van der Waals surface area contributed by atoms with E-state index in [4.69, 9.17) is 10.6 Å². The number of nitrogens with one attached hydrogen (secondary N) is 1. The van der Waals surface area contributed by atoms with E-state index in [9.17, 15) is 0 Å². The van der Waals surface area contributed by atoms with Crippen LogP contribution in [-0.4, -0.2) is 43.7 Å². The molecule has 0 heterocycles. The van der Waals surface area contributed by atoms with Crippen LogP contribution >= 0.6 is 0 Å². The van der Waals surface area contributed by atoms with Crippen molar-refractivity contribution in [1.82, 2.24) is 10.3 Å². The summed E-state index contributed by atoms with van der Waals surface area (Å²) in [5.74, 6) is 6.25. The highest BCUT2D eigenvalue weighted by Crippen LogP contribution is 2.03. The third-order valence-corrected chi connectivity index (χ3v) is 2.74. The van der Waals surface area contributed by atoms with Crippen molar-refractivity contribution in [3.05, 3.63) is 0 Å². The van der Waals surface area contributed by atoms with Gasteiger partial charge in [-0.25, -0.2) is 5.84 Å². The average Bonchev–Trinajstić information content (AvgIpc) is 2.33. The van der Waals surface area contributed by atoms with Crippen LogP contribution in [0.1, 0.15) is 40.0 Å². The lowest BCUT2D eigenvalue weighted by Crippen LogP contribution is -2.46. The highest BCUT2D eigenvalue weighted by molar-refractivity contribution is 5.79. The van der Waals surface area contributed by atoms with E-state index >= 15 is 0 Å². The summed E-state index contributed by atoms with van der Waals surface area (Å²) in [6.07, 6.45) is 3.22. The van der Waals surface area contributed by atoms with Gasteiger partial charge in [0, 0.05) is 32.8 Å². The zero-order valence-electron chi connectivity index (χ0n) is 11.7. The van der Waals surface area contributed by atoms with E-state index in [-0.39, 0.29) is 0 Å². The fourth-order valence-corrected chi connectivity index (χ4v) is 1.58. The Balaban J connectivity index is 4.05. The molecule has 0 bridgehead atoms. The molecule has 0 saturated heterocycles. The first kappa shape index (κ1) is 16.2. The summed E-state index contributed by atoms with van der Waals surface area (Å²) in [6.45, 7) is 8.61. The molecule has 5 nitrogen and oxygen atoms in total. The highest BCUT2D eigenvalue weighted by Gasteiger charge is 2.11. The largest absolute Gasteiger partial charge is 0.382 e. The van der Waals surface area contributed by atoms with Crippen molar-refractivity contribution < 1.29 is 4.74 Å². The van der Waals surface area contributed by atoms with Gasteiger partial charge >= 0.3 is 0 Å². The number of hydrogen-bond acceptors (Lipinski definition) is 3. The van der Waals surface area contributed by atoms with Gasteiger partial charge < -0.3 is 9.64 Å². The van der Waals surface area contributed by atoms with Crippen molar-refractivity contribution in [3.8, 4) is 0 Å². The summed E-state index contributed by atoms with van der Waals surface area (Å²) in [6, 6.07) is 0.446. The predicted octanol–water partition coefficient (Wildman–Crippen LogP) is 1.35. The van der Waals surface area contributed by atoms with Gasteiger partial charge in [0.25, 0.3) is 0 Å². The molecule has 0 radical (unpaired) electrons. The Kier molecular flexibility index (Phi) is 9.86. The van der Waals surface area contributed by atoms with Gasteiger partial charge in [0.05, 0.1) is 0 Å². The van der Waals surface area contributed by atoms with Gasteiger partial charge in [-0.1, -0.05) is 13.3 Å². The van der Waals surface area contributed by atoms with Crippen molar-refractivity contribution >= 4 is 5.96 Å². The summed E-state index contributed by atoms with van der Waals surface area (Å²) < 4.78 is 5.26. The lowest BCUT2D eigenvalue weighted by molar-refractivity contribution is 0.146. The first-order valence-corrected chi connectivity index (χ1v) is 6.48. The molecule has 0 aliphatic rings. The molecular weight excluding hydrogens is 216 g/mol. The molecule has 0 rings (SSSR count). The van der Waals surface area contributed by atoms with E-state index in [1.165, 1.54) is 0 Å². The molecular formula is C12H28N4O. The van der Waals surface area contributed by atoms with Crippen LogP contribution in [0.5, 0.6) is 0 Å². The average molecular weight is 244 g/mol. The smallest absolute Gasteiger partial charge is 0.208 e. The fourth-order valence-electron chi connectivity index (χ4n) is 1.58. The Morgan fingerprint density at radius 2 is 2.18 bits per heavy atom. The predicted molar refractivity (Wildman–Crippen MR) is 72.9 cm³/mol. The second-order valence-corrected chi connectivity index (χ2v) is 4.15. The summed E-state index contributed by atoms with van der Waals surface area (Å²) in [5, 5.41) is 0. The van der Waals surface area contributed by atoms with Crippen molar-refractivity contribution in [2.75, 3.05) is 26.8 Å².